The van der Waals surface area contributed by atoms with E-state index in [1.54, 1.807) is 28.9 Å². The van der Waals surface area contributed by atoms with Gasteiger partial charge in [-0.25, -0.2) is 0 Å². The number of hydrogen-bond acceptors (Lipinski definition) is 20. The molecule has 107 heavy (non-hydrogen) atoms. The predicted molar refractivity (Wildman–Crippen MR) is 506 cm³/mol. The summed E-state index contributed by atoms with van der Waals surface area (Å²) in [7, 11) is -1.06. The van der Waals surface area contributed by atoms with Gasteiger partial charge in [0.25, 0.3) is 0 Å². The van der Waals surface area contributed by atoms with E-state index >= 15 is 0 Å². The lowest BCUT2D eigenvalue weighted by Gasteiger charge is -2.26. The Kier molecular flexibility index (Phi) is 13.7. The number of benzene rings is 3. The Bertz CT molecular complexity index is 8390. The molecule has 0 N–H and O–H groups in total. The first-order valence-electron chi connectivity index (χ1n) is 34.6. The molecule has 0 fully saturated rings. The first kappa shape index (κ1) is 65.0. The van der Waals surface area contributed by atoms with Gasteiger partial charge >= 0.3 is 0 Å². The van der Waals surface area contributed by atoms with Gasteiger partial charge in [-0.1, -0.05) is 53.1 Å². The Hall–Kier alpha value is -5.63. The van der Waals surface area contributed by atoms with Crippen molar-refractivity contribution in [3.63, 3.8) is 0 Å². The van der Waals surface area contributed by atoms with Gasteiger partial charge in [-0.15, -0.1) is 215 Å². The molecule has 0 spiro atoms. The maximum atomic E-state index is 6.37. The van der Waals surface area contributed by atoms with Crippen LogP contribution in [0.5, 0.6) is 0 Å². The van der Waals surface area contributed by atoms with Gasteiger partial charge in [0.1, 0.15) is 5.58 Å². The zero-order valence-corrected chi connectivity index (χ0v) is 74.6. The summed E-state index contributed by atoms with van der Waals surface area (Å²) in [6.45, 7) is 19.8. The molecule has 0 saturated heterocycles. The van der Waals surface area contributed by atoms with Crippen molar-refractivity contribution in [3.8, 4) is 26.8 Å². The van der Waals surface area contributed by atoms with Crippen molar-refractivity contribution < 1.29 is 4.42 Å². The van der Waals surface area contributed by atoms with E-state index in [-0.39, 0.29) is 0 Å². The van der Waals surface area contributed by atoms with Crippen molar-refractivity contribution in [3.05, 3.63) is 155 Å². The van der Waals surface area contributed by atoms with Crippen LogP contribution in [0.4, 0.5) is 0 Å². The molecule has 24 heteroatoms. The quantitative estimate of drug-likeness (QED) is 0.173. The Morgan fingerprint density at radius 3 is 1.10 bits per heavy atom. The molecule has 0 radical (unpaired) electrons. The van der Waals surface area contributed by atoms with Crippen LogP contribution in [0.15, 0.2) is 123 Å². The number of nitrogens with zero attached hydrogens (tertiary/aromatic N) is 3. The molecule has 0 aliphatic carbocycles. The van der Waals surface area contributed by atoms with Gasteiger partial charge < -0.3 is 18.1 Å². The molecule has 524 valence electrons. The number of aromatic nitrogens is 3. The summed E-state index contributed by atoms with van der Waals surface area (Å²) in [5.74, 6) is 0. The third kappa shape index (κ3) is 8.79. The van der Waals surface area contributed by atoms with E-state index in [4.69, 9.17) is 4.42 Å². The van der Waals surface area contributed by atoms with Crippen molar-refractivity contribution >= 4 is 411 Å². The van der Waals surface area contributed by atoms with Crippen LogP contribution in [0.1, 0.15) is 46.0 Å². The number of hydrogen-bond donors (Lipinski definition) is 0. The molecule has 26 aromatic rings. The van der Waals surface area contributed by atoms with Gasteiger partial charge in [0.05, 0.1) is 165 Å². The van der Waals surface area contributed by atoms with Gasteiger partial charge in [0.2, 0.25) is 0 Å². The highest BCUT2D eigenvalue weighted by Crippen LogP contribution is 2.76. The van der Waals surface area contributed by atoms with Gasteiger partial charge in [-0.2, -0.15) is 10.0 Å². The van der Waals surface area contributed by atoms with Crippen LogP contribution in [-0.4, -0.2) is 26.2 Å². The van der Waals surface area contributed by atoms with Gasteiger partial charge in [0.15, 0.2) is 5.58 Å². The van der Waals surface area contributed by atoms with E-state index in [0.29, 0.717) is 0 Å². The van der Waals surface area contributed by atoms with Gasteiger partial charge in [-0.3, -0.25) is 0 Å². The SMILES string of the molecule is Cc1ccc(-n2c3c4sc(C)cc4sc3c3sc4c5c(sc4c32)-c2sc3cc(C)sc3c2S5(C)C)cc1.Cc1ccc(-n2c3c4sc(C)cc4sc3c3sc4c5sc6c7sc(C)cc7sc6c5sc4c32)cc1.Cc1ccc(-n2c3cc(C)sc3c3sc4c5sc6c7oc8cc(C)sc8c7sc6c5sc4c32)cc1. The molecule has 4 nitrogen and oxygen atoms in total. The lowest BCUT2D eigenvalue weighted by atomic mass is 10.2. The molecule has 0 amide bonds. The van der Waals surface area contributed by atoms with Crippen molar-refractivity contribution in [1.82, 2.24) is 13.7 Å². The third-order valence-corrected chi connectivity index (χ3v) is 48.9. The van der Waals surface area contributed by atoms with E-state index in [0.717, 1.165) is 11.2 Å². The van der Waals surface area contributed by atoms with Crippen LogP contribution in [0, 0.1) is 62.3 Å². The summed E-state index contributed by atoms with van der Waals surface area (Å²) in [5.41, 5.74) is 18.2. The van der Waals surface area contributed by atoms with E-state index in [1.807, 2.05) is 193 Å². The minimum Gasteiger partial charge on any atom is -0.453 e. The summed E-state index contributed by atoms with van der Waals surface area (Å²) in [6.07, 6.45) is 5.09. The maximum absolute atomic E-state index is 6.37. The fourth-order valence-electron chi connectivity index (χ4n) is 16.5. The van der Waals surface area contributed by atoms with Crippen LogP contribution in [-0.2, 0) is 0 Å². The Balaban J connectivity index is 0.0000000926. The average molecular weight is 1750 g/mol. The molecule has 0 atom stereocenters. The second-order valence-electron chi connectivity index (χ2n) is 28.6. The number of thiophene rings is 19. The van der Waals surface area contributed by atoms with Crippen molar-refractivity contribution in [2.24, 2.45) is 0 Å². The third-order valence-electron chi connectivity index (χ3n) is 21.0. The molecule has 0 bridgehead atoms. The molecule has 23 aromatic heterocycles. The molecule has 27 rings (SSSR count). The highest BCUT2D eigenvalue weighted by atomic mass is 32.3. The fourth-order valence-corrected chi connectivity index (χ4v) is 48.1. The lowest BCUT2D eigenvalue weighted by molar-refractivity contribution is 0.674. The largest absolute Gasteiger partial charge is 0.453 e. The smallest absolute Gasteiger partial charge is 0.164 e. The van der Waals surface area contributed by atoms with E-state index in [2.05, 4.69) is 220 Å². The maximum Gasteiger partial charge on any atom is 0.164 e. The second-order valence-corrected chi connectivity index (χ2v) is 53.0. The highest BCUT2D eigenvalue weighted by molar-refractivity contribution is 8.33. The van der Waals surface area contributed by atoms with Gasteiger partial charge in [-0.05, 0) is 148 Å². The number of fused-ring (bicyclic) bond motifs is 39. The van der Waals surface area contributed by atoms with E-state index < -0.39 is 10.0 Å². The summed E-state index contributed by atoms with van der Waals surface area (Å²) in [6, 6.07) is 41.2. The standard InChI is InChI=1S/C29H21NS7.C27H15NOS6.C27H15NS7/c1-12-6-8-15(9-7-12)30-18-20-16(10-13(2)31-20)33-22(18)23-19(30)24-25(35-23)29-27(36-24)26-28(37(29,4)5)21-17(34-26)11-14(3)32-21;1-10-4-6-13(7-5-10)28-14-8-11(2)30-18(14)20-16(28)21-24(32-20)26-27(33-21)25-23(35-26)17-22(34-25)19-15(29-17)9-12(3)31-19;1-10-4-6-13(7-5-10)28-16-18-14(8-11(2)29-18)31-20(16)21-17(28)22-24(33-21)26-27(34-22)25-23(35-26)19-15(32-25)9-12(3)30-19/h6-11H,1-5H3;2*4-9H,1-3H3. The van der Waals surface area contributed by atoms with Gasteiger partial charge in [0, 0.05) is 74.9 Å². The molecular formula is C83H51N3OS20. The zero-order valence-electron chi connectivity index (χ0n) is 58.3. The molecule has 0 saturated carbocycles. The second kappa shape index (κ2) is 22.6. The molecule has 3 aromatic carbocycles. The zero-order chi connectivity index (χ0) is 71.3. The van der Waals surface area contributed by atoms with Crippen LogP contribution in [0.3, 0.4) is 0 Å². The monoisotopic (exact) mass is 1740 g/mol. The Morgan fingerprint density at radius 1 is 0.243 bits per heavy atom. The predicted octanol–water partition coefficient (Wildman–Crippen LogP) is 35.3. The minimum atomic E-state index is -1.06. The summed E-state index contributed by atoms with van der Waals surface area (Å²) in [5, 5.41) is 0. The minimum absolute atomic E-state index is 1.04. The van der Waals surface area contributed by atoms with Crippen LogP contribution >= 0.6 is 225 Å². The Morgan fingerprint density at radius 2 is 0.551 bits per heavy atom. The topological polar surface area (TPSA) is 27.9 Å². The molecule has 0 unspecified atom stereocenters. The highest BCUT2D eigenvalue weighted by Gasteiger charge is 2.42. The molecular weight excluding hydrogens is 1700 g/mol. The number of aryl methyl sites for hydroxylation is 9. The summed E-state index contributed by atoms with van der Waals surface area (Å²) in [4.78, 5) is 14.7. The van der Waals surface area contributed by atoms with E-state index in [1.165, 1.54) is 228 Å². The number of furan rings is 1. The molecule has 1 aliphatic heterocycles. The Labute approximate surface area is 686 Å². The summed E-state index contributed by atoms with van der Waals surface area (Å²) >= 11 is 37.6. The first-order valence-corrected chi connectivity index (χ1v) is 52.5. The lowest BCUT2D eigenvalue weighted by Crippen LogP contribution is -1.93. The summed E-state index contributed by atoms with van der Waals surface area (Å²) < 4.78 is 57.6. The van der Waals surface area contributed by atoms with Crippen molar-refractivity contribution in [2.45, 2.75) is 72.1 Å². The average Bonchev–Trinajstić information content (AvgIpc) is 1.51. The number of rotatable bonds is 3. The fraction of sp³-hybridized carbons (Fsp3) is 0.133. The normalized spacial score (nSPS) is 13.9. The first-order chi connectivity index (χ1) is 51.9. The molecule has 24 heterocycles. The van der Waals surface area contributed by atoms with Crippen LogP contribution < -0.4 is 0 Å². The van der Waals surface area contributed by atoms with Crippen molar-refractivity contribution in [1.29, 1.82) is 0 Å². The molecule has 1 aliphatic rings. The van der Waals surface area contributed by atoms with Crippen LogP contribution in [0.25, 0.3) is 212 Å². The van der Waals surface area contributed by atoms with E-state index in [9.17, 15) is 0 Å². The van der Waals surface area contributed by atoms with Crippen molar-refractivity contribution in [2.75, 3.05) is 12.5 Å². The van der Waals surface area contributed by atoms with Crippen LogP contribution in [0.2, 0.25) is 0 Å².